The molecule has 0 aliphatic heterocycles. The van der Waals surface area contributed by atoms with E-state index in [1.807, 2.05) is 0 Å². The Morgan fingerprint density at radius 3 is 3.00 bits per heavy atom. The van der Waals surface area contributed by atoms with Gasteiger partial charge in [-0.2, -0.15) is 4.98 Å². The van der Waals surface area contributed by atoms with Crippen LogP contribution in [0.4, 0.5) is 11.1 Å². The Morgan fingerprint density at radius 2 is 2.32 bits per heavy atom. The van der Waals surface area contributed by atoms with Gasteiger partial charge in [0.15, 0.2) is 0 Å². The van der Waals surface area contributed by atoms with E-state index in [4.69, 9.17) is 9.84 Å². The third-order valence-corrected chi connectivity index (χ3v) is 2.74. The van der Waals surface area contributed by atoms with E-state index in [0.29, 0.717) is 30.0 Å². The third-order valence-electron chi connectivity index (χ3n) is 2.14. The second-order valence-corrected chi connectivity index (χ2v) is 4.33. The van der Waals surface area contributed by atoms with E-state index in [0.717, 1.165) is 5.69 Å². The zero-order valence-corrected chi connectivity index (χ0v) is 11.1. The molecule has 0 aromatic carbocycles. The number of aliphatic hydroxyl groups is 1. The summed E-state index contributed by atoms with van der Waals surface area (Å²) >= 11 is 1.36. The lowest BCUT2D eigenvalue weighted by molar-refractivity contribution is 0.291. The van der Waals surface area contributed by atoms with Crippen LogP contribution in [0.5, 0.6) is 5.88 Å². The molecule has 2 aromatic rings. The molecule has 3 N–H and O–H groups in total. The van der Waals surface area contributed by atoms with Crippen molar-refractivity contribution in [3.8, 4) is 5.88 Å². The molecule has 0 radical (unpaired) electrons. The maximum absolute atomic E-state index is 8.72. The Balaban J connectivity index is 2.11. The van der Waals surface area contributed by atoms with E-state index < -0.39 is 0 Å². The maximum Gasteiger partial charge on any atom is 0.232 e. The number of anilines is 2. The van der Waals surface area contributed by atoms with Crippen LogP contribution in [-0.4, -0.2) is 45.5 Å². The van der Waals surface area contributed by atoms with Crippen LogP contribution in [-0.2, 0) is 6.54 Å². The highest BCUT2D eigenvalue weighted by Gasteiger charge is 2.06. The van der Waals surface area contributed by atoms with E-state index in [1.54, 1.807) is 18.7 Å². The summed E-state index contributed by atoms with van der Waals surface area (Å²) in [5, 5.41) is 22.9. The van der Waals surface area contributed by atoms with Crippen molar-refractivity contribution < 1.29 is 9.84 Å². The monoisotopic (exact) mass is 282 g/mol. The molecule has 0 spiro atoms. The standard InChI is InChI=1S/C10H14N6O2S/c1-18-8-4-7(5-11-2-3-17)13-9(14-8)15-10-16-12-6-19-10/h4,6,11,17H,2-3,5H2,1H3,(H,13,14,15,16). The van der Waals surface area contributed by atoms with Crippen molar-refractivity contribution in [2.45, 2.75) is 6.54 Å². The van der Waals surface area contributed by atoms with Crippen molar-refractivity contribution in [1.29, 1.82) is 0 Å². The Labute approximate surface area is 113 Å². The van der Waals surface area contributed by atoms with Gasteiger partial charge >= 0.3 is 0 Å². The van der Waals surface area contributed by atoms with Gasteiger partial charge in [-0.3, -0.25) is 5.32 Å². The molecule has 2 rings (SSSR count). The summed E-state index contributed by atoms with van der Waals surface area (Å²) in [6.07, 6.45) is 0. The molecule has 0 unspecified atom stereocenters. The highest BCUT2D eigenvalue weighted by atomic mass is 32.1. The second-order valence-electron chi connectivity index (χ2n) is 3.49. The Hall–Kier alpha value is -1.84. The second kappa shape index (κ2) is 6.92. The number of nitrogens with zero attached hydrogens (tertiary/aromatic N) is 4. The van der Waals surface area contributed by atoms with Gasteiger partial charge in [-0.05, 0) is 0 Å². The number of hydrogen-bond donors (Lipinski definition) is 3. The van der Waals surface area contributed by atoms with Crippen LogP contribution in [0, 0.1) is 0 Å². The van der Waals surface area contributed by atoms with E-state index in [1.165, 1.54) is 11.3 Å². The summed E-state index contributed by atoms with van der Waals surface area (Å²) in [7, 11) is 1.54. The fourth-order valence-corrected chi connectivity index (χ4v) is 1.78. The Morgan fingerprint density at radius 1 is 1.42 bits per heavy atom. The molecule has 8 nitrogen and oxygen atoms in total. The average molecular weight is 282 g/mol. The van der Waals surface area contributed by atoms with Gasteiger partial charge < -0.3 is 15.2 Å². The summed E-state index contributed by atoms with van der Waals surface area (Å²) in [6.45, 7) is 1.10. The minimum absolute atomic E-state index is 0.0815. The SMILES string of the molecule is COc1cc(CNCCO)nc(Nc2nncs2)n1. The zero-order valence-electron chi connectivity index (χ0n) is 10.3. The van der Waals surface area contributed by atoms with Crippen LogP contribution in [0.25, 0.3) is 0 Å². The van der Waals surface area contributed by atoms with E-state index >= 15 is 0 Å². The topological polar surface area (TPSA) is 105 Å². The number of methoxy groups -OCH3 is 1. The molecule has 102 valence electrons. The normalized spacial score (nSPS) is 10.4. The van der Waals surface area contributed by atoms with E-state index in [-0.39, 0.29) is 6.61 Å². The van der Waals surface area contributed by atoms with E-state index in [9.17, 15) is 0 Å². The smallest absolute Gasteiger partial charge is 0.232 e. The molecule has 0 saturated heterocycles. The van der Waals surface area contributed by atoms with Crippen molar-refractivity contribution >= 4 is 22.4 Å². The van der Waals surface area contributed by atoms with Gasteiger partial charge in [0, 0.05) is 19.2 Å². The lowest BCUT2D eigenvalue weighted by atomic mass is 10.4. The van der Waals surface area contributed by atoms with Gasteiger partial charge in [0.25, 0.3) is 0 Å². The number of nitrogens with one attached hydrogen (secondary N) is 2. The molecular weight excluding hydrogens is 268 g/mol. The summed E-state index contributed by atoms with van der Waals surface area (Å²) in [5.41, 5.74) is 2.37. The fraction of sp³-hybridized carbons (Fsp3) is 0.400. The predicted octanol–water partition coefficient (Wildman–Crippen LogP) is 0.162. The molecule has 9 heteroatoms. The number of aliphatic hydroxyl groups excluding tert-OH is 1. The minimum atomic E-state index is 0.0815. The highest BCUT2D eigenvalue weighted by Crippen LogP contribution is 2.17. The third kappa shape index (κ3) is 4.09. The molecule has 0 atom stereocenters. The Bertz CT molecular complexity index is 507. The van der Waals surface area contributed by atoms with Gasteiger partial charge in [-0.1, -0.05) is 11.3 Å². The van der Waals surface area contributed by atoms with Crippen LogP contribution < -0.4 is 15.4 Å². The van der Waals surface area contributed by atoms with Crippen LogP contribution in [0.15, 0.2) is 11.6 Å². The lowest BCUT2D eigenvalue weighted by Gasteiger charge is -2.07. The number of aromatic nitrogens is 4. The quantitative estimate of drug-likeness (QED) is 0.617. The molecule has 2 aromatic heterocycles. The Kier molecular flexibility index (Phi) is 4.95. The number of hydrogen-bond acceptors (Lipinski definition) is 9. The van der Waals surface area contributed by atoms with Crippen LogP contribution in [0.1, 0.15) is 5.69 Å². The molecule has 2 heterocycles. The number of rotatable bonds is 7. The molecule has 0 aliphatic carbocycles. The van der Waals surface area contributed by atoms with Gasteiger partial charge in [0.1, 0.15) is 5.51 Å². The average Bonchev–Trinajstić information content (AvgIpc) is 2.91. The van der Waals surface area contributed by atoms with Crippen molar-refractivity contribution in [2.75, 3.05) is 25.6 Å². The summed E-state index contributed by atoms with van der Waals surface area (Å²) in [6, 6.07) is 1.73. The molecule has 0 bridgehead atoms. The molecule has 0 amide bonds. The van der Waals surface area contributed by atoms with Gasteiger partial charge in [-0.15, -0.1) is 10.2 Å². The first-order valence-electron chi connectivity index (χ1n) is 5.58. The van der Waals surface area contributed by atoms with Crippen molar-refractivity contribution in [3.05, 3.63) is 17.3 Å². The van der Waals surface area contributed by atoms with Gasteiger partial charge in [-0.25, -0.2) is 4.98 Å². The minimum Gasteiger partial charge on any atom is -0.481 e. The molecule has 0 fully saturated rings. The lowest BCUT2D eigenvalue weighted by Crippen LogP contribution is -2.18. The van der Waals surface area contributed by atoms with Gasteiger partial charge in [0.2, 0.25) is 17.0 Å². The van der Waals surface area contributed by atoms with Crippen molar-refractivity contribution in [3.63, 3.8) is 0 Å². The molecule has 0 aliphatic rings. The molecular formula is C10H14N6O2S. The van der Waals surface area contributed by atoms with Crippen LogP contribution in [0.2, 0.25) is 0 Å². The van der Waals surface area contributed by atoms with Crippen LogP contribution >= 0.6 is 11.3 Å². The highest BCUT2D eigenvalue weighted by molar-refractivity contribution is 7.13. The summed E-state index contributed by atoms with van der Waals surface area (Å²) in [5.74, 6) is 0.861. The number of ether oxygens (including phenoxy) is 1. The van der Waals surface area contributed by atoms with Crippen molar-refractivity contribution in [2.24, 2.45) is 0 Å². The fourth-order valence-electron chi connectivity index (χ4n) is 1.34. The zero-order chi connectivity index (χ0) is 13.5. The van der Waals surface area contributed by atoms with Crippen molar-refractivity contribution in [1.82, 2.24) is 25.5 Å². The summed E-state index contributed by atoms with van der Waals surface area (Å²) in [4.78, 5) is 8.49. The maximum atomic E-state index is 8.72. The van der Waals surface area contributed by atoms with E-state index in [2.05, 4.69) is 30.8 Å². The van der Waals surface area contributed by atoms with Gasteiger partial charge in [0.05, 0.1) is 19.4 Å². The first-order valence-corrected chi connectivity index (χ1v) is 6.46. The molecule has 0 saturated carbocycles. The molecule has 19 heavy (non-hydrogen) atoms. The summed E-state index contributed by atoms with van der Waals surface area (Å²) < 4.78 is 5.12. The first kappa shape index (κ1) is 13.6. The largest absolute Gasteiger partial charge is 0.481 e. The first-order chi connectivity index (χ1) is 9.31. The van der Waals surface area contributed by atoms with Crippen LogP contribution in [0.3, 0.4) is 0 Å². The predicted molar refractivity (Wildman–Crippen MR) is 70.6 cm³/mol.